The van der Waals surface area contributed by atoms with Crippen LogP contribution in [0.4, 0.5) is 0 Å². The normalized spacial score (nSPS) is 12.5. The first kappa shape index (κ1) is 10.8. The number of ether oxygens (including phenoxy) is 1. The number of aromatic nitrogens is 1. The SMILES string of the molecule is COC(C)C(=O)NCc1cccn1C. The molecule has 1 amide bonds. The summed E-state index contributed by atoms with van der Waals surface area (Å²) in [5.41, 5.74) is 1.07. The Morgan fingerprint density at radius 2 is 2.43 bits per heavy atom. The topological polar surface area (TPSA) is 43.3 Å². The molecule has 0 aromatic carbocycles. The molecule has 0 spiro atoms. The molecule has 1 atom stereocenters. The second-order valence-corrected chi connectivity index (χ2v) is 3.21. The molecule has 0 bridgehead atoms. The van der Waals surface area contributed by atoms with E-state index in [9.17, 15) is 4.79 Å². The van der Waals surface area contributed by atoms with Gasteiger partial charge in [0, 0.05) is 26.0 Å². The molecule has 4 heteroatoms. The van der Waals surface area contributed by atoms with E-state index in [1.54, 1.807) is 6.92 Å². The zero-order chi connectivity index (χ0) is 10.6. The average molecular weight is 196 g/mol. The Balaban J connectivity index is 2.41. The van der Waals surface area contributed by atoms with E-state index in [2.05, 4.69) is 5.32 Å². The minimum Gasteiger partial charge on any atom is -0.372 e. The van der Waals surface area contributed by atoms with Crippen LogP contribution in [-0.4, -0.2) is 23.7 Å². The number of hydrogen-bond donors (Lipinski definition) is 1. The van der Waals surface area contributed by atoms with Crippen LogP contribution in [0.5, 0.6) is 0 Å². The zero-order valence-electron chi connectivity index (χ0n) is 8.78. The van der Waals surface area contributed by atoms with E-state index in [1.807, 2.05) is 29.9 Å². The van der Waals surface area contributed by atoms with E-state index >= 15 is 0 Å². The van der Waals surface area contributed by atoms with Gasteiger partial charge in [-0.3, -0.25) is 4.79 Å². The van der Waals surface area contributed by atoms with Crippen LogP contribution in [-0.2, 0) is 23.1 Å². The standard InChI is InChI=1S/C10H16N2O2/c1-8(14-3)10(13)11-7-9-5-4-6-12(9)2/h4-6,8H,7H2,1-3H3,(H,11,13). The number of aryl methyl sites for hydroxylation is 1. The van der Waals surface area contributed by atoms with Crippen molar-refractivity contribution in [2.75, 3.05) is 7.11 Å². The Bertz CT molecular complexity index is 307. The van der Waals surface area contributed by atoms with Crippen LogP contribution in [0.15, 0.2) is 18.3 Å². The monoisotopic (exact) mass is 196 g/mol. The molecule has 14 heavy (non-hydrogen) atoms. The Hall–Kier alpha value is -1.29. The minimum atomic E-state index is -0.393. The summed E-state index contributed by atoms with van der Waals surface area (Å²) in [6.45, 7) is 2.26. The fourth-order valence-electron chi connectivity index (χ4n) is 1.11. The van der Waals surface area contributed by atoms with Gasteiger partial charge in [-0.2, -0.15) is 0 Å². The summed E-state index contributed by atoms with van der Waals surface area (Å²) in [7, 11) is 3.47. The predicted molar refractivity (Wildman–Crippen MR) is 53.7 cm³/mol. The molecular formula is C10H16N2O2. The first-order valence-corrected chi connectivity index (χ1v) is 4.56. The number of carbonyl (C=O) groups excluding carboxylic acids is 1. The fourth-order valence-corrected chi connectivity index (χ4v) is 1.11. The van der Waals surface area contributed by atoms with Gasteiger partial charge in [0.2, 0.25) is 5.91 Å². The molecule has 78 valence electrons. The molecule has 1 N–H and O–H groups in total. The van der Waals surface area contributed by atoms with Gasteiger partial charge < -0.3 is 14.6 Å². The van der Waals surface area contributed by atoms with Gasteiger partial charge in [0.25, 0.3) is 0 Å². The lowest BCUT2D eigenvalue weighted by molar-refractivity contribution is -0.130. The van der Waals surface area contributed by atoms with Gasteiger partial charge in [-0.15, -0.1) is 0 Å². The van der Waals surface area contributed by atoms with Crippen molar-refractivity contribution in [3.05, 3.63) is 24.0 Å². The van der Waals surface area contributed by atoms with Gasteiger partial charge in [-0.05, 0) is 19.1 Å². The van der Waals surface area contributed by atoms with Crippen LogP contribution in [0.2, 0.25) is 0 Å². The van der Waals surface area contributed by atoms with Crippen LogP contribution >= 0.6 is 0 Å². The minimum absolute atomic E-state index is 0.0892. The summed E-state index contributed by atoms with van der Waals surface area (Å²) in [5, 5.41) is 2.79. The van der Waals surface area contributed by atoms with E-state index < -0.39 is 6.10 Å². The number of rotatable bonds is 4. The maximum absolute atomic E-state index is 11.3. The van der Waals surface area contributed by atoms with Crippen molar-refractivity contribution < 1.29 is 9.53 Å². The number of carbonyl (C=O) groups is 1. The smallest absolute Gasteiger partial charge is 0.249 e. The molecule has 0 saturated heterocycles. The first-order chi connectivity index (χ1) is 6.65. The highest BCUT2D eigenvalue weighted by Gasteiger charge is 2.10. The number of nitrogens with one attached hydrogen (secondary N) is 1. The third kappa shape index (κ3) is 2.60. The molecule has 0 fully saturated rings. The maximum Gasteiger partial charge on any atom is 0.249 e. The van der Waals surface area contributed by atoms with E-state index in [-0.39, 0.29) is 5.91 Å². The Morgan fingerprint density at radius 3 is 2.93 bits per heavy atom. The van der Waals surface area contributed by atoms with Gasteiger partial charge in [0.05, 0.1) is 6.54 Å². The summed E-state index contributed by atoms with van der Waals surface area (Å²) >= 11 is 0. The summed E-state index contributed by atoms with van der Waals surface area (Å²) < 4.78 is 6.86. The molecular weight excluding hydrogens is 180 g/mol. The Kier molecular flexibility index (Phi) is 3.71. The summed E-state index contributed by atoms with van der Waals surface area (Å²) in [6, 6.07) is 3.92. The van der Waals surface area contributed by atoms with E-state index in [0.29, 0.717) is 6.54 Å². The molecule has 4 nitrogen and oxygen atoms in total. The maximum atomic E-state index is 11.3. The molecule has 1 unspecified atom stereocenters. The Labute approximate surface area is 83.9 Å². The molecule has 1 aromatic heterocycles. The molecule has 0 aliphatic rings. The third-order valence-electron chi connectivity index (χ3n) is 2.22. The van der Waals surface area contributed by atoms with E-state index in [1.165, 1.54) is 7.11 Å². The van der Waals surface area contributed by atoms with Gasteiger partial charge in [0.15, 0.2) is 0 Å². The largest absolute Gasteiger partial charge is 0.372 e. The zero-order valence-corrected chi connectivity index (χ0v) is 8.78. The van der Waals surface area contributed by atoms with Gasteiger partial charge in [0.1, 0.15) is 6.10 Å². The van der Waals surface area contributed by atoms with E-state index in [0.717, 1.165) is 5.69 Å². The summed E-state index contributed by atoms with van der Waals surface area (Å²) in [4.78, 5) is 11.3. The van der Waals surface area contributed by atoms with Crippen molar-refractivity contribution in [3.63, 3.8) is 0 Å². The highest BCUT2D eigenvalue weighted by molar-refractivity contribution is 5.80. The lowest BCUT2D eigenvalue weighted by atomic mass is 10.3. The lowest BCUT2D eigenvalue weighted by Crippen LogP contribution is -2.33. The second kappa shape index (κ2) is 4.81. The Morgan fingerprint density at radius 1 is 1.71 bits per heavy atom. The molecule has 1 rings (SSSR count). The van der Waals surface area contributed by atoms with Crippen LogP contribution < -0.4 is 5.32 Å². The van der Waals surface area contributed by atoms with Crippen LogP contribution in [0.25, 0.3) is 0 Å². The molecule has 0 saturated carbocycles. The van der Waals surface area contributed by atoms with Gasteiger partial charge >= 0.3 is 0 Å². The molecule has 0 aliphatic heterocycles. The number of hydrogen-bond acceptors (Lipinski definition) is 2. The lowest BCUT2D eigenvalue weighted by Gasteiger charge is -2.10. The summed E-state index contributed by atoms with van der Waals surface area (Å²) in [5.74, 6) is -0.0892. The van der Waals surface area contributed by atoms with E-state index in [4.69, 9.17) is 4.74 Å². The summed E-state index contributed by atoms with van der Waals surface area (Å²) in [6.07, 6.45) is 1.55. The number of nitrogens with zero attached hydrogens (tertiary/aromatic N) is 1. The van der Waals surface area contributed by atoms with Crippen molar-refractivity contribution in [2.45, 2.75) is 19.6 Å². The first-order valence-electron chi connectivity index (χ1n) is 4.56. The van der Waals surface area contributed by atoms with Crippen LogP contribution in [0.3, 0.4) is 0 Å². The quantitative estimate of drug-likeness (QED) is 0.769. The third-order valence-corrected chi connectivity index (χ3v) is 2.22. The molecule has 0 radical (unpaired) electrons. The second-order valence-electron chi connectivity index (χ2n) is 3.21. The molecule has 1 heterocycles. The van der Waals surface area contributed by atoms with Gasteiger partial charge in [-0.25, -0.2) is 0 Å². The van der Waals surface area contributed by atoms with Crippen LogP contribution in [0, 0.1) is 0 Å². The van der Waals surface area contributed by atoms with Gasteiger partial charge in [-0.1, -0.05) is 0 Å². The van der Waals surface area contributed by atoms with Crippen molar-refractivity contribution in [1.29, 1.82) is 0 Å². The molecule has 0 aliphatic carbocycles. The van der Waals surface area contributed by atoms with Crippen molar-refractivity contribution in [2.24, 2.45) is 7.05 Å². The fraction of sp³-hybridized carbons (Fsp3) is 0.500. The van der Waals surface area contributed by atoms with Crippen molar-refractivity contribution in [3.8, 4) is 0 Å². The van der Waals surface area contributed by atoms with Crippen LogP contribution in [0.1, 0.15) is 12.6 Å². The van der Waals surface area contributed by atoms with Crippen molar-refractivity contribution in [1.82, 2.24) is 9.88 Å². The highest BCUT2D eigenvalue weighted by Crippen LogP contribution is 1.99. The average Bonchev–Trinajstić information content (AvgIpc) is 2.59. The number of methoxy groups -OCH3 is 1. The molecule has 1 aromatic rings. The number of amides is 1. The highest BCUT2D eigenvalue weighted by atomic mass is 16.5. The van der Waals surface area contributed by atoms with Crippen molar-refractivity contribution >= 4 is 5.91 Å². The predicted octanol–water partition coefficient (Wildman–Crippen LogP) is 0.676.